The first-order valence-corrected chi connectivity index (χ1v) is 8.25. The molecule has 1 atom stereocenters. The van der Waals surface area contributed by atoms with E-state index in [-0.39, 0.29) is 12.3 Å². The number of carbonyl (C=O) groups is 2. The van der Waals surface area contributed by atoms with E-state index in [0.29, 0.717) is 18.8 Å². The van der Waals surface area contributed by atoms with Gasteiger partial charge in [-0.15, -0.1) is 0 Å². The first-order chi connectivity index (χ1) is 10.1. The van der Waals surface area contributed by atoms with Gasteiger partial charge in [0.2, 0.25) is 5.91 Å². The van der Waals surface area contributed by atoms with Crippen LogP contribution in [0.2, 0.25) is 0 Å². The zero-order valence-corrected chi connectivity index (χ0v) is 12.7. The fourth-order valence-electron chi connectivity index (χ4n) is 2.27. The highest BCUT2D eigenvalue weighted by Gasteiger charge is 2.20. The Morgan fingerprint density at radius 3 is 3.00 bits per heavy atom. The topological polar surface area (TPSA) is 75.6 Å². The van der Waals surface area contributed by atoms with Crippen molar-refractivity contribution in [1.29, 1.82) is 0 Å². The van der Waals surface area contributed by atoms with Crippen LogP contribution in [0.15, 0.2) is 18.2 Å². The number of ether oxygens (including phenoxy) is 1. The van der Waals surface area contributed by atoms with Gasteiger partial charge in [0.25, 0.3) is 0 Å². The summed E-state index contributed by atoms with van der Waals surface area (Å²) in [6.45, 7) is 0.681. The minimum absolute atomic E-state index is 0.191. The third-order valence-electron chi connectivity index (χ3n) is 3.36. The Hall–Kier alpha value is -1.69. The summed E-state index contributed by atoms with van der Waals surface area (Å²) in [6.07, 6.45) is 3.39. The van der Waals surface area contributed by atoms with E-state index in [9.17, 15) is 9.59 Å². The molecular weight excluding hydrogens is 290 g/mol. The summed E-state index contributed by atoms with van der Waals surface area (Å²) in [5.74, 6) is 0.331. The normalized spacial score (nSPS) is 14.1. The molecule has 0 saturated heterocycles. The molecule has 0 radical (unpaired) electrons. The number of fused-ring (bicyclic) bond motifs is 1. The van der Waals surface area contributed by atoms with Gasteiger partial charge in [0.15, 0.2) is 0 Å². The summed E-state index contributed by atoms with van der Waals surface area (Å²) < 4.78 is 5.42. The van der Waals surface area contributed by atoms with Crippen LogP contribution in [0.5, 0.6) is 5.75 Å². The lowest BCUT2D eigenvalue weighted by Gasteiger charge is -2.14. The number of hydrogen-bond donors (Lipinski definition) is 2. The van der Waals surface area contributed by atoms with E-state index >= 15 is 0 Å². The van der Waals surface area contributed by atoms with Crippen molar-refractivity contribution in [2.24, 2.45) is 0 Å². The minimum atomic E-state index is -0.986. The third kappa shape index (κ3) is 4.39. The van der Waals surface area contributed by atoms with Gasteiger partial charge in [-0.05, 0) is 35.6 Å². The molecule has 2 rings (SSSR count). The number of thioether (sulfide) groups is 1. The second-order valence-electron chi connectivity index (χ2n) is 4.96. The number of rotatable bonds is 7. The number of carbonyl (C=O) groups excluding carboxylic acids is 1. The molecule has 0 saturated carbocycles. The molecule has 0 bridgehead atoms. The number of benzene rings is 1. The average Bonchev–Trinajstić information content (AvgIpc) is 2.90. The van der Waals surface area contributed by atoms with Crippen molar-refractivity contribution in [3.63, 3.8) is 0 Å². The summed E-state index contributed by atoms with van der Waals surface area (Å²) in [6, 6.07) is 4.86. The molecule has 1 heterocycles. The van der Waals surface area contributed by atoms with Crippen molar-refractivity contribution >= 4 is 23.6 Å². The Morgan fingerprint density at radius 1 is 1.48 bits per heavy atom. The second-order valence-corrected chi connectivity index (χ2v) is 5.94. The highest BCUT2D eigenvalue weighted by Crippen LogP contribution is 2.25. The smallest absolute Gasteiger partial charge is 0.326 e. The van der Waals surface area contributed by atoms with Crippen LogP contribution in [0.25, 0.3) is 0 Å². The number of amides is 1. The quantitative estimate of drug-likeness (QED) is 0.798. The lowest BCUT2D eigenvalue weighted by molar-refractivity contribution is -0.141. The van der Waals surface area contributed by atoms with Crippen LogP contribution in [0, 0.1) is 0 Å². The molecule has 0 spiro atoms. The van der Waals surface area contributed by atoms with Gasteiger partial charge in [-0.1, -0.05) is 12.1 Å². The Labute approximate surface area is 128 Å². The molecule has 21 heavy (non-hydrogen) atoms. The lowest BCUT2D eigenvalue weighted by atomic mass is 10.1. The van der Waals surface area contributed by atoms with E-state index in [1.165, 1.54) is 0 Å². The molecule has 6 heteroatoms. The lowest BCUT2D eigenvalue weighted by Crippen LogP contribution is -2.41. The molecule has 1 amide bonds. The van der Waals surface area contributed by atoms with Crippen LogP contribution < -0.4 is 10.1 Å². The summed E-state index contributed by atoms with van der Waals surface area (Å²) in [5.41, 5.74) is 1.99. The summed E-state index contributed by atoms with van der Waals surface area (Å²) in [7, 11) is 0. The van der Waals surface area contributed by atoms with Crippen LogP contribution >= 0.6 is 11.8 Å². The molecular formula is C15H19NO4S. The SMILES string of the molecule is CSCCC(NC(=O)Cc1ccc2c(c1)CCO2)C(=O)O. The number of carboxylic acids is 1. The Morgan fingerprint density at radius 2 is 2.29 bits per heavy atom. The maximum atomic E-state index is 12.0. The predicted molar refractivity (Wildman–Crippen MR) is 81.9 cm³/mol. The van der Waals surface area contributed by atoms with Crippen LogP contribution in [-0.4, -0.2) is 41.6 Å². The number of hydrogen-bond acceptors (Lipinski definition) is 4. The van der Waals surface area contributed by atoms with Crippen LogP contribution in [0.4, 0.5) is 0 Å². The third-order valence-corrected chi connectivity index (χ3v) is 4.01. The summed E-state index contributed by atoms with van der Waals surface area (Å²) >= 11 is 1.56. The van der Waals surface area contributed by atoms with E-state index in [0.717, 1.165) is 23.3 Å². The van der Waals surface area contributed by atoms with E-state index in [1.807, 2.05) is 24.5 Å². The molecule has 1 aliphatic rings. The Kier molecular flexibility index (Phi) is 5.50. The molecule has 0 fully saturated rings. The van der Waals surface area contributed by atoms with Gasteiger partial charge in [-0.3, -0.25) is 4.79 Å². The number of aliphatic carboxylic acids is 1. The van der Waals surface area contributed by atoms with Crippen LogP contribution in [-0.2, 0) is 22.4 Å². The van der Waals surface area contributed by atoms with Gasteiger partial charge >= 0.3 is 5.97 Å². The van der Waals surface area contributed by atoms with E-state index < -0.39 is 12.0 Å². The van der Waals surface area contributed by atoms with E-state index in [1.54, 1.807) is 11.8 Å². The molecule has 1 aromatic carbocycles. The standard InChI is InChI=1S/C15H19NO4S/c1-21-7-5-12(15(18)19)16-14(17)9-10-2-3-13-11(8-10)4-6-20-13/h2-3,8,12H,4-7,9H2,1H3,(H,16,17)(H,18,19). The molecule has 2 N–H and O–H groups in total. The van der Waals surface area contributed by atoms with Crippen LogP contribution in [0.3, 0.4) is 0 Å². The monoisotopic (exact) mass is 309 g/mol. The fraction of sp³-hybridized carbons (Fsp3) is 0.467. The van der Waals surface area contributed by atoms with Gasteiger partial charge in [-0.25, -0.2) is 4.79 Å². The molecule has 1 aliphatic heterocycles. The maximum Gasteiger partial charge on any atom is 0.326 e. The Bertz CT molecular complexity index is 532. The summed E-state index contributed by atoms with van der Waals surface area (Å²) in [4.78, 5) is 23.1. The first kappa shape index (κ1) is 15.7. The summed E-state index contributed by atoms with van der Waals surface area (Å²) in [5, 5.41) is 11.7. The van der Waals surface area contributed by atoms with Crippen molar-refractivity contribution in [1.82, 2.24) is 5.32 Å². The maximum absolute atomic E-state index is 12.0. The zero-order valence-electron chi connectivity index (χ0n) is 11.9. The minimum Gasteiger partial charge on any atom is -0.493 e. The molecule has 1 aromatic rings. The van der Waals surface area contributed by atoms with Gasteiger partial charge in [-0.2, -0.15) is 11.8 Å². The molecule has 0 aliphatic carbocycles. The van der Waals surface area contributed by atoms with Crippen molar-refractivity contribution in [3.05, 3.63) is 29.3 Å². The van der Waals surface area contributed by atoms with E-state index in [4.69, 9.17) is 9.84 Å². The van der Waals surface area contributed by atoms with Crippen molar-refractivity contribution in [3.8, 4) is 5.75 Å². The van der Waals surface area contributed by atoms with Crippen LogP contribution in [0.1, 0.15) is 17.5 Å². The highest BCUT2D eigenvalue weighted by atomic mass is 32.2. The van der Waals surface area contributed by atoms with Crippen molar-refractivity contribution in [2.45, 2.75) is 25.3 Å². The second kappa shape index (κ2) is 7.36. The van der Waals surface area contributed by atoms with Gasteiger partial charge < -0.3 is 15.2 Å². The van der Waals surface area contributed by atoms with E-state index in [2.05, 4.69) is 5.32 Å². The molecule has 5 nitrogen and oxygen atoms in total. The molecule has 0 aromatic heterocycles. The first-order valence-electron chi connectivity index (χ1n) is 6.86. The largest absolute Gasteiger partial charge is 0.493 e. The van der Waals surface area contributed by atoms with Gasteiger partial charge in [0, 0.05) is 6.42 Å². The van der Waals surface area contributed by atoms with Gasteiger partial charge in [0.05, 0.1) is 13.0 Å². The predicted octanol–water partition coefficient (Wildman–Crippen LogP) is 1.49. The average molecular weight is 309 g/mol. The number of nitrogens with one attached hydrogen (secondary N) is 1. The van der Waals surface area contributed by atoms with Crippen molar-refractivity contribution < 1.29 is 19.4 Å². The van der Waals surface area contributed by atoms with Crippen molar-refractivity contribution in [2.75, 3.05) is 18.6 Å². The van der Waals surface area contributed by atoms with Gasteiger partial charge in [0.1, 0.15) is 11.8 Å². The molecule has 1 unspecified atom stereocenters. The molecule has 114 valence electrons. The highest BCUT2D eigenvalue weighted by molar-refractivity contribution is 7.98. The number of carboxylic acid groups (broad SMARTS) is 1. The fourth-order valence-corrected chi connectivity index (χ4v) is 2.75. The Balaban J connectivity index is 1.92. The zero-order chi connectivity index (χ0) is 15.2.